The quantitative estimate of drug-likeness (QED) is 0.827. The first kappa shape index (κ1) is 13.7. The zero-order valence-electron chi connectivity index (χ0n) is 10.1. The molecule has 0 aliphatic carbocycles. The van der Waals surface area contributed by atoms with Gasteiger partial charge in [0.1, 0.15) is 0 Å². The lowest BCUT2D eigenvalue weighted by Gasteiger charge is -2.23. The third kappa shape index (κ3) is 3.56. The Morgan fingerprint density at radius 3 is 2.65 bits per heavy atom. The summed E-state index contributed by atoms with van der Waals surface area (Å²) in [7, 11) is 3.31. The summed E-state index contributed by atoms with van der Waals surface area (Å²) in [6, 6.07) is 1.19. The molecule has 0 aliphatic heterocycles. The number of hydrogen-bond acceptors (Lipinski definition) is 3. The molecule has 0 aliphatic rings. The molecule has 0 atom stereocenters. The van der Waals surface area contributed by atoms with E-state index in [2.05, 4.69) is 4.98 Å². The van der Waals surface area contributed by atoms with E-state index >= 15 is 0 Å². The molecule has 0 saturated heterocycles. The second kappa shape index (κ2) is 5.82. The largest absolute Gasteiger partial charge is 0.347 e. The van der Waals surface area contributed by atoms with Crippen molar-refractivity contribution in [2.75, 3.05) is 32.1 Å². The number of likely N-dealkylation sites (N-methyl/N-ethyl adjacent to an activating group) is 2. The predicted molar refractivity (Wildman–Crippen MR) is 65.8 cm³/mol. The topological polar surface area (TPSA) is 36.4 Å². The lowest BCUT2D eigenvalue weighted by atomic mass is 10.3. The number of rotatable bonds is 4. The first-order chi connectivity index (χ1) is 7.95. The number of aromatic nitrogens is 1. The van der Waals surface area contributed by atoms with Crippen LogP contribution in [0.2, 0.25) is 5.02 Å². The molecule has 6 heteroatoms. The Bertz CT molecular complexity index is 412. The summed E-state index contributed by atoms with van der Waals surface area (Å²) in [6.45, 7) is 2.42. The van der Waals surface area contributed by atoms with E-state index < -0.39 is 5.82 Å². The van der Waals surface area contributed by atoms with E-state index in [0.29, 0.717) is 6.54 Å². The van der Waals surface area contributed by atoms with Gasteiger partial charge >= 0.3 is 0 Å². The van der Waals surface area contributed by atoms with Crippen molar-refractivity contribution in [2.24, 2.45) is 0 Å². The Morgan fingerprint density at radius 2 is 2.18 bits per heavy atom. The number of amides is 1. The highest BCUT2D eigenvalue weighted by Gasteiger charge is 2.16. The van der Waals surface area contributed by atoms with E-state index in [4.69, 9.17) is 11.6 Å². The Hall–Kier alpha value is -1.36. The Labute approximate surface area is 105 Å². The van der Waals surface area contributed by atoms with Crippen molar-refractivity contribution in [3.8, 4) is 0 Å². The first-order valence-corrected chi connectivity index (χ1v) is 5.59. The van der Waals surface area contributed by atoms with Crippen molar-refractivity contribution in [1.29, 1.82) is 0 Å². The summed E-state index contributed by atoms with van der Waals surface area (Å²) >= 11 is 5.62. The van der Waals surface area contributed by atoms with Crippen LogP contribution in [0.4, 0.5) is 10.2 Å². The Balaban J connectivity index is 2.90. The van der Waals surface area contributed by atoms with Gasteiger partial charge in [0.15, 0.2) is 11.6 Å². The van der Waals surface area contributed by atoms with Gasteiger partial charge < -0.3 is 9.80 Å². The fourth-order valence-electron chi connectivity index (χ4n) is 1.28. The van der Waals surface area contributed by atoms with Crippen molar-refractivity contribution < 1.29 is 9.18 Å². The van der Waals surface area contributed by atoms with Crippen molar-refractivity contribution >= 4 is 23.3 Å². The molecule has 0 radical (unpaired) electrons. The lowest BCUT2D eigenvalue weighted by molar-refractivity contribution is -0.127. The standard InChI is InChI=1S/C11H15ClFN3O/c1-4-16(7-10(17)15(2)3)11-9(13)5-8(12)6-14-11/h5-6H,4,7H2,1-3H3. The van der Waals surface area contributed by atoms with Crippen molar-refractivity contribution in [3.63, 3.8) is 0 Å². The second-order valence-electron chi connectivity index (χ2n) is 3.76. The molecule has 0 aromatic carbocycles. The lowest BCUT2D eigenvalue weighted by Crippen LogP contribution is -2.37. The molecule has 4 nitrogen and oxygen atoms in total. The summed E-state index contributed by atoms with van der Waals surface area (Å²) < 4.78 is 13.6. The van der Waals surface area contributed by atoms with Crippen LogP contribution in [-0.2, 0) is 4.79 Å². The molecule has 0 fully saturated rings. The van der Waals surface area contributed by atoms with Crippen molar-refractivity contribution in [1.82, 2.24) is 9.88 Å². The van der Waals surface area contributed by atoms with E-state index in [1.54, 1.807) is 19.0 Å². The van der Waals surface area contributed by atoms with Crippen LogP contribution >= 0.6 is 11.6 Å². The number of carbonyl (C=O) groups excluding carboxylic acids is 1. The third-order valence-electron chi connectivity index (χ3n) is 2.29. The monoisotopic (exact) mass is 259 g/mol. The predicted octanol–water partition coefficient (Wildman–Crippen LogP) is 1.79. The average Bonchev–Trinajstić information content (AvgIpc) is 2.26. The van der Waals surface area contributed by atoms with Gasteiger partial charge in [-0.3, -0.25) is 4.79 Å². The molecule has 1 rings (SSSR count). The molecule has 17 heavy (non-hydrogen) atoms. The van der Waals surface area contributed by atoms with Gasteiger partial charge in [-0.2, -0.15) is 0 Å². The number of halogens is 2. The molecular weight excluding hydrogens is 245 g/mol. The molecule has 0 unspecified atom stereocenters. The van der Waals surface area contributed by atoms with Crippen LogP contribution in [0.3, 0.4) is 0 Å². The van der Waals surface area contributed by atoms with Gasteiger partial charge in [0.2, 0.25) is 5.91 Å². The molecule has 0 saturated carbocycles. The van der Waals surface area contributed by atoms with Gasteiger partial charge in [-0.25, -0.2) is 9.37 Å². The van der Waals surface area contributed by atoms with Crippen LogP contribution in [0.15, 0.2) is 12.3 Å². The van der Waals surface area contributed by atoms with Crippen LogP contribution in [-0.4, -0.2) is 43.0 Å². The molecule has 1 amide bonds. The second-order valence-corrected chi connectivity index (χ2v) is 4.20. The fourth-order valence-corrected chi connectivity index (χ4v) is 1.43. The average molecular weight is 260 g/mol. The summed E-state index contributed by atoms with van der Waals surface area (Å²) in [5.74, 6) is -0.485. The number of anilines is 1. The van der Waals surface area contributed by atoms with Gasteiger partial charge in [0, 0.05) is 26.8 Å². The SMILES string of the molecule is CCN(CC(=O)N(C)C)c1ncc(Cl)cc1F. The van der Waals surface area contributed by atoms with Gasteiger partial charge in [-0.1, -0.05) is 11.6 Å². The van der Waals surface area contributed by atoms with Crippen molar-refractivity contribution in [3.05, 3.63) is 23.1 Å². The first-order valence-electron chi connectivity index (χ1n) is 5.21. The summed E-state index contributed by atoms with van der Waals surface area (Å²) in [4.78, 5) is 18.5. The van der Waals surface area contributed by atoms with Gasteiger partial charge in [0.05, 0.1) is 11.6 Å². The molecular formula is C11H15ClFN3O. The van der Waals surface area contributed by atoms with Crippen molar-refractivity contribution in [2.45, 2.75) is 6.92 Å². The van der Waals surface area contributed by atoms with E-state index in [-0.39, 0.29) is 23.3 Å². The minimum atomic E-state index is -0.522. The van der Waals surface area contributed by atoms with E-state index in [1.807, 2.05) is 6.92 Å². The third-order valence-corrected chi connectivity index (χ3v) is 2.50. The minimum absolute atomic E-state index is 0.0923. The maximum Gasteiger partial charge on any atom is 0.241 e. The number of hydrogen-bond donors (Lipinski definition) is 0. The normalized spacial score (nSPS) is 10.2. The smallest absolute Gasteiger partial charge is 0.241 e. The highest BCUT2D eigenvalue weighted by molar-refractivity contribution is 6.30. The van der Waals surface area contributed by atoms with Gasteiger partial charge in [0.25, 0.3) is 0 Å². The number of nitrogens with zero attached hydrogens (tertiary/aromatic N) is 3. The summed E-state index contributed by atoms with van der Waals surface area (Å²) in [5, 5.41) is 0.237. The molecule has 1 aromatic heterocycles. The maximum absolute atomic E-state index is 13.6. The fraction of sp³-hybridized carbons (Fsp3) is 0.455. The van der Waals surface area contributed by atoms with Crippen LogP contribution in [0.25, 0.3) is 0 Å². The summed E-state index contributed by atoms with van der Waals surface area (Å²) in [5.41, 5.74) is 0. The number of pyridine rings is 1. The zero-order valence-corrected chi connectivity index (χ0v) is 10.8. The molecule has 94 valence electrons. The molecule has 1 heterocycles. The van der Waals surface area contributed by atoms with Crippen LogP contribution in [0.5, 0.6) is 0 Å². The zero-order chi connectivity index (χ0) is 13.0. The highest BCUT2D eigenvalue weighted by Crippen LogP contribution is 2.19. The number of carbonyl (C=O) groups is 1. The molecule has 0 spiro atoms. The van der Waals surface area contributed by atoms with E-state index in [0.717, 1.165) is 0 Å². The van der Waals surface area contributed by atoms with E-state index in [9.17, 15) is 9.18 Å². The summed E-state index contributed by atoms with van der Waals surface area (Å²) in [6.07, 6.45) is 1.36. The van der Waals surface area contributed by atoms with Gasteiger partial charge in [-0.15, -0.1) is 0 Å². The van der Waals surface area contributed by atoms with Gasteiger partial charge in [-0.05, 0) is 13.0 Å². The van der Waals surface area contributed by atoms with Crippen LogP contribution < -0.4 is 4.90 Å². The van der Waals surface area contributed by atoms with Crippen LogP contribution in [0.1, 0.15) is 6.92 Å². The Morgan fingerprint density at radius 1 is 1.53 bits per heavy atom. The Kier molecular flexibility index (Phi) is 4.69. The molecule has 0 N–H and O–H groups in total. The minimum Gasteiger partial charge on any atom is -0.347 e. The molecule has 0 bridgehead atoms. The van der Waals surface area contributed by atoms with E-state index in [1.165, 1.54) is 17.2 Å². The highest BCUT2D eigenvalue weighted by atomic mass is 35.5. The van der Waals surface area contributed by atoms with Crippen LogP contribution in [0, 0.1) is 5.82 Å². The molecule has 1 aromatic rings. The maximum atomic E-state index is 13.6.